The second kappa shape index (κ2) is 5.96. The highest BCUT2D eigenvalue weighted by molar-refractivity contribution is 7.89. The van der Waals surface area contributed by atoms with Crippen molar-refractivity contribution in [2.45, 2.75) is 23.8 Å². The molecule has 132 valence electrons. The van der Waals surface area contributed by atoms with Crippen LogP contribution in [0.2, 0.25) is 0 Å². The number of halogens is 2. The van der Waals surface area contributed by atoms with E-state index in [0.717, 1.165) is 17.7 Å². The second-order valence-corrected chi connectivity index (χ2v) is 7.80. The lowest BCUT2D eigenvalue weighted by atomic mass is 10.0. The number of fused-ring (bicyclic) bond motifs is 1. The maximum atomic E-state index is 14.0. The molecule has 0 saturated carbocycles. The molecule has 8 heteroatoms. The van der Waals surface area contributed by atoms with Crippen molar-refractivity contribution in [2.75, 3.05) is 13.3 Å². The molecule has 2 aliphatic heterocycles. The van der Waals surface area contributed by atoms with Crippen LogP contribution < -0.4 is 9.47 Å². The standard InChI is InChI=1S/C17H15F2NO4S/c18-12-3-1-5-16(17(12)19)25(21,22)20-8-2-4-13(20)11-6-7-14-15(9-11)24-10-23-14/h1,3,5-7,9,13H,2,4,8,10H2. The fourth-order valence-corrected chi connectivity index (χ4v) is 5.05. The molecule has 0 radical (unpaired) electrons. The maximum Gasteiger partial charge on any atom is 0.246 e. The van der Waals surface area contributed by atoms with Crippen molar-refractivity contribution in [3.63, 3.8) is 0 Å². The van der Waals surface area contributed by atoms with Gasteiger partial charge in [-0.05, 0) is 42.7 Å². The lowest BCUT2D eigenvalue weighted by Crippen LogP contribution is -2.31. The van der Waals surface area contributed by atoms with Crippen molar-refractivity contribution in [3.05, 3.63) is 53.6 Å². The van der Waals surface area contributed by atoms with Crippen molar-refractivity contribution < 1.29 is 26.7 Å². The van der Waals surface area contributed by atoms with E-state index in [-0.39, 0.29) is 13.3 Å². The third-order valence-corrected chi connectivity index (χ3v) is 6.41. The van der Waals surface area contributed by atoms with Crippen LogP contribution in [0.25, 0.3) is 0 Å². The molecule has 0 aromatic heterocycles. The molecule has 4 rings (SSSR count). The molecular formula is C17H15F2NO4S. The Bertz CT molecular complexity index is 932. The summed E-state index contributed by atoms with van der Waals surface area (Å²) in [5.41, 5.74) is 0.738. The second-order valence-electron chi connectivity index (χ2n) is 5.94. The van der Waals surface area contributed by atoms with Gasteiger partial charge in [0.1, 0.15) is 4.90 Å². The van der Waals surface area contributed by atoms with Crippen molar-refractivity contribution in [1.29, 1.82) is 0 Å². The Morgan fingerprint density at radius 1 is 1.08 bits per heavy atom. The molecule has 0 aliphatic carbocycles. The van der Waals surface area contributed by atoms with Crippen LogP contribution in [0, 0.1) is 11.6 Å². The first-order valence-corrected chi connectivity index (χ1v) is 9.28. The highest BCUT2D eigenvalue weighted by atomic mass is 32.2. The zero-order valence-corrected chi connectivity index (χ0v) is 13.9. The molecule has 1 fully saturated rings. The first-order chi connectivity index (χ1) is 12.0. The molecule has 1 unspecified atom stereocenters. The smallest absolute Gasteiger partial charge is 0.246 e. The summed E-state index contributed by atoms with van der Waals surface area (Å²) >= 11 is 0. The van der Waals surface area contributed by atoms with Gasteiger partial charge in [-0.2, -0.15) is 4.31 Å². The van der Waals surface area contributed by atoms with Crippen LogP contribution in [0.1, 0.15) is 24.4 Å². The minimum absolute atomic E-state index is 0.125. The Kier molecular flexibility index (Phi) is 3.88. The van der Waals surface area contributed by atoms with Crippen LogP contribution in [0.15, 0.2) is 41.3 Å². The topological polar surface area (TPSA) is 55.8 Å². The molecule has 0 amide bonds. The van der Waals surface area contributed by atoms with Gasteiger partial charge in [-0.3, -0.25) is 0 Å². The van der Waals surface area contributed by atoms with Gasteiger partial charge < -0.3 is 9.47 Å². The van der Waals surface area contributed by atoms with Crippen LogP contribution in [0.3, 0.4) is 0 Å². The monoisotopic (exact) mass is 367 g/mol. The maximum absolute atomic E-state index is 14.0. The van der Waals surface area contributed by atoms with Gasteiger partial charge in [-0.1, -0.05) is 12.1 Å². The lowest BCUT2D eigenvalue weighted by molar-refractivity contribution is 0.174. The average molecular weight is 367 g/mol. The first-order valence-electron chi connectivity index (χ1n) is 7.84. The average Bonchev–Trinajstić information content (AvgIpc) is 3.25. The number of nitrogens with zero attached hydrogens (tertiary/aromatic N) is 1. The Balaban J connectivity index is 1.73. The van der Waals surface area contributed by atoms with E-state index in [0.29, 0.717) is 24.3 Å². The third-order valence-electron chi connectivity index (χ3n) is 4.49. The number of rotatable bonds is 3. The predicted octanol–water partition coefficient (Wildman–Crippen LogP) is 3.22. The Hall–Kier alpha value is -2.19. The molecule has 0 bridgehead atoms. The summed E-state index contributed by atoms with van der Waals surface area (Å²) in [6, 6.07) is 7.95. The lowest BCUT2D eigenvalue weighted by Gasteiger charge is -2.24. The summed E-state index contributed by atoms with van der Waals surface area (Å²) in [6.07, 6.45) is 1.23. The molecule has 5 nitrogen and oxygen atoms in total. The van der Waals surface area contributed by atoms with Crippen LogP contribution in [-0.2, 0) is 10.0 Å². The first kappa shape index (κ1) is 16.3. The van der Waals surface area contributed by atoms with Gasteiger partial charge in [0, 0.05) is 6.54 Å². The van der Waals surface area contributed by atoms with Gasteiger partial charge in [0.25, 0.3) is 0 Å². The molecule has 1 atom stereocenters. The van der Waals surface area contributed by atoms with E-state index >= 15 is 0 Å². The SMILES string of the molecule is O=S(=O)(c1cccc(F)c1F)N1CCCC1c1ccc2c(c1)OCO2. The van der Waals surface area contributed by atoms with Crippen LogP contribution in [-0.4, -0.2) is 26.1 Å². The minimum atomic E-state index is -4.16. The molecule has 0 spiro atoms. The summed E-state index contributed by atoms with van der Waals surface area (Å²) < 4.78 is 65.1. The number of sulfonamides is 1. The van der Waals surface area contributed by atoms with Gasteiger partial charge in [-0.15, -0.1) is 0 Å². The Morgan fingerprint density at radius 3 is 2.72 bits per heavy atom. The molecule has 2 aromatic carbocycles. The fraction of sp³-hybridized carbons (Fsp3) is 0.294. The van der Waals surface area contributed by atoms with Crippen molar-refractivity contribution in [2.24, 2.45) is 0 Å². The van der Waals surface area contributed by atoms with E-state index in [1.165, 1.54) is 10.4 Å². The summed E-state index contributed by atoms with van der Waals surface area (Å²) in [5, 5.41) is 0. The zero-order chi connectivity index (χ0) is 17.6. The van der Waals surface area contributed by atoms with Crippen molar-refractivity contribution >= 4 is 10.0 Å². The van der Waals surface area contributed by atoms with Gasteiger partial charge in [0.2, 0.25) is 16.8 Å². The van der Waals surface area contributed by atoms with Gasteiger partial charge >= 0.3 is 0 Å². The van der Waals surface area contributed by atoms with Crippen LogP contribution in [0.4, 0.5) is 8.78 Å². The van der Waals surface area contributed by atoms with E-state index in [9.17, 15) is 17.2 Å². The Labute approximate surface area is 143 Å². The predicted molar refractivity (Wildman–Crippen MR) is 84.8 cm³/mol. The molecule has 2 heterocycles. The number of hydrogen-bond donors (Lipinski definition) is 0. The van der Waals surface area contributed by atoms with Crippen LogP contribution >= 0.6 is 0 Å². The Morgan fingerprint density at radius 2 is 1.88 bits per heavy atom. The summed E-state index contributed by atoms with van der Waals surface area (Å²) in [4.78, 5) is -0.639. The summed E-state index contributed by atoms with van der Waals surface area (Å²) in [5.74, 6) is -1.37. The number of hydrogen-bond acceptors (Lipinski definition) is 4. The quantitative estimate of drug-likeness (QED) is 0.836. The highest BCUT2D eigenvalue weighted by Crippen LogP contribution is 2.41. The molecular weight excluding hydrogens is 352 g/mol. The van der Waals surface area contributed by atoms with E-state index < -0.39 is 32.6 Å². The molecule has 25 heavy (non-hydrogen) atoms. The normalized spacial score (nSPS) is 20.2. The van der Waals surface area contributed by atoms with E-state index in [1.54, 1.807) is 18.2 Å². The van der Waals surface area contributed by atoms with Gasteiger partial charge in [0.15, 0.2) is 23.1 Å². The highest BCUT2D eigenvalue weighted by Gasteiger charge is 2.38. The van der Waals surface area contributed by atoms with Gasteiger partial charge in [-0.25, -0.2) is 17.2 Å². The van der Waals surface area contributed by atoms with Gasteiger partial charge in [0.05, 0.1) is 6.04 Å². The van der Waals surface area contributed by atoms with Crippen molar-refractivity contribution in [1.82, 2.24) is 4.31 Å². The summed E-state index contributed by atoms with van der Waals surface area (Å²) in [7, 11) is -4.16. The molecule has 0 N–H and O–H groups in total. The summed E-state index contributed by atoms with van der Waals surface area (Å²) in [6.45, 7) is 0.372. The van der Waals surface area contributed by atoms with E-state index in [1.807, 2.05) is 0 Å². The molecule has 2 aliphatic rings. The fourth-order valence-electron chi connectivity index (χ4n) is 3.29. The van der Waals surface area contributed by atoms with Crippen molar-refractivity contribution in [3.8, 4) is 11.5 Å². The molecule has 1 saturated heterocycles. The largest absolute Gasteiger partial charge is 0.454 e. The van der Waals surface area contributed by atoms with Crippen LogP contribution in [0.5, 0.6) is 11.5 Å². The third kappa shape index (κ3) is 2.65. The minimum Gasteiger partial charge on any atom is -0.454 e. The van der Waals surface area contributed by atoms with E-state index in [4.69, 9.17) is 9.47 Å². The molecule has 2 aromatic rings. The zero-order valence-electron chi connectivity index (χ0n) is 13.1. The van der Waals surface area contributed by atoms with E-state index in [2.05, 4.69) is 0 Å². The number of benzene rings is 2. The number of ether oxygens (including phenoxy) is 2.